The SMILES string of the molecule is COc1ccccc1N=C1SC(=C2Sc3ccccc3N2C)C(=O)N1C1CCCCC1. The number of rotatable bonds is 3. The van der Waals surface area contributed by atoms with E-state index in [1.165, 1.54) is 23.1 Å². The molecule has 1 saturated carbocycles. The van der Waals surface area contributed by atoms with E-state index in [9.17, 15) is 4.79 Å². The minimum atomic E-state index is 0.0766. The van der Waals surface area contributed by atoms with Gasteiger partial charge in [-0.05, 0) is 48.9 Å². The first-order valence-electron chi connectivity index (χ1n) is 10.7. The van der Waals surface area contributed by atoms with Gasteiger partial charge >= 0.3 is 0 Å². The zero-order valence-corrected chi connectivity index (χ0v) is 19.3. The molecule has 1 saturated heterocycles. The summed E-state index contributed by atoms with van der Waals surface area (Å²) in [5.41, 5.74) is 1.89. The number of thioether (sulfide) groups is 2. The Morgan fingerprint density at radius 1 is 1.00 bits per heavy atom. The van der Waals surface area contributed by atoms with E-state index in [0.29, 0.717) is 5.75 Å². The van der Waals surface area contributed by atoms with E-state index in [1.54, 1.807) is 18.9 Å². The van der Waals surface area contributed by atoms with Crippen molar-refractivity contribution in [1.82, 2.24) is 4.90 Å². The number of hydrogen-bond donors (Lipinski definition) is 0. The van der Waals surface area contributed by atoms with Crippen molar-refractivity contribution in [2.45, 2.75) is 43.0 Å². The maximum atomic E-state index is 13.7. The molecule has 160 valence electrons. The van der Waals surface area contributed by atoms with Gasteiger partial charge in [0.2, 0.25) is 0 Å². The molecular formula is C24H25N3O2S2. The average molecular weight is 452 g/mol. The lowest BCUT2D eigenvalue weighted by Crippen LogP contribution is -2.40. The van der Waals surface area contributed by atoms with E-state index < -0.39 is 0 Å². The molecule has 0 spiro atoms. The monoisotopic (exact) mass is 451 g/mol. The zero-order valence-electron chi connectivity index (χ0n) is 17.7. The van der Waals surface area contributed by atoms with Crippen LogP contribution in [0.25, 0.3) is 0 Å². The first kappa shape index (κ1) is 20.5. The second kappa shape index (κ2) is 8.63. The quantitative estimate of drug-likeness (QED) is 0.536. The van der Waals surface area contributed by atoms with Crippen molar-refractivity contribution in [2.24, 2.45) is 4.99 Å². The number of carbonyl (C=O) groups is 1. The van der Waals surface area contributed by atoms with Crippen LogP contribution in [-0.4, -0.2) is 36.2 Å². The van der Waals surface area contributed by atoms with Crippen molar-refractivity contribution in [3.63, 3.8) is 0 Å². The van der Waals surface area contributed by atoms with Crippen LogP contribution >= 0.6 is 23.5 Å². The molecule has 0 unspecified atom stereocenters. The third-order valence-electron chi connectivity index (χ3n) is 5.99. The smallest absolute Gasteiger partial charge is 0.269 e. The standard InChI is InChI=1S/C24H25N3O2S2/c1-26-18-13-7-9-15-20(18)30-23(26)21-22(28)27(16-10-4-3-5-11-16)24(31-21)25-17-12-6-8-14-19(17)29-2/h6-9,12-16H,3-5,10-11H2,1-2H3. The number of aliphatic imine (C=N–C) groups is 1. The van der Waals surface area contributed by atoms with Gasteiger partial charge in [-0.25, -0.2) is 4.99 Å². The highest BCUT2D eigenvalue weighted by Gasteiger charge is 2.42. The molecule has 5 rings (SSSR count). The van der Waals surface area contributed by atoms with Crippen LogP contribution in [0.2, 0.25) is 0 Å². The van der Waals surface area contributed by atoms with Crippen LogP contribution in [0.4, 0.5) is 11.4 Å². The second-order valence-corrected chi connectivity index (χ2v) is 9.91. The molecule has 0 bridgehead atoms. The number of fused-ring (bicyclic) bond motifs is 1. The number of methoxy groups -OCH3 is 1. The van der Waals surface area contributed by atoms with E-state index in [4.69, 9.17) is 9.73 Å². The molecular weight excluding hydrogens is 426 g/mol. The molecule has 2 aliphatic heterocycles. The summed E-state index contributed by atoms with van der Waals surface area (Å²) in [5.74, 6) is 0.792. The highest BCUT2D eigenvalue weighted by Crippen LogP contribution is 2.50. The Bertz CT molecular complexity index is 1080. The largest absolute Gasteiger partial charge is 0.494 e. The Balaban J connectivity index is 1.57. The Hall–Kier alpha value is -2.38. The third kappa shape index (κ3) is 3.74. The summed E-state index contributed by atoms with van der Waals surface area (Å²) in [5, 5.41) is 1.75. The Morgan fingerprint density at radius 2 is 1.74 bits per heavy atom. The van der Waals surface area contributed by atoms with Crippen LogP contribution in [0.1, 0.15) is 32.1 Å². The lowest BCUT2D eigenvalue weighted by Gasteiger charge is -2.30. The van der Waals surface area contributed by atoms with Gasteiger partial charge in [0.25, 0.3) is 5.91 Å². The number of carbonyl (C=O) groups excluding carboxylic acids is 1. The number of para-hydroxylation sites is 3. The highest BCUT2D eigenvalue weighted by atomic mass is 32.2. The first-order valence-corrected chi connectivity index (χ1v) is 12.3. The van der Waals surface area contributed by atoms with Crippen molar-refractivity contribution in [2.75, 3.05) is 19.1 Å². The molecule has 7 heteroatoms. The Morgan fingerprint density at radius 3 is 2.52 bits per heavy atom. The van der Waals surface area contributed by atoms with Gasteiger partial charge in [0.05, 0.1) is 17.8 Å². The maximum Gasteiger partial charge on any atom is 0.269 e. The second-order valence-electron chi connectivity index (χ2n) is 7.90. The van der Waals surface area contributed by atoms with Gasteiger partial charge in [-0.3, -0.25) is 9.69 Å². The topological polar surface area (TPSA) is 45.1 Å². The molecule has 2 aromatic carbocycles. The van der Waals surface area contributed by atoms with Gasteiger partial charge in [0.1, 0.15) is 16.3 Å². The molecule has 5 nitrogen and oxygen atoms in total. The summed E-state index contributed by atoms with van der Waals surface area (Å²) in [6.07, 6.45) is 5.62. The number of ether oxygens (including phenoxy) is 1. The summed E-state index contributed by atoms with van der Waals surface area (Å²) in [6.45, 7) is 0. The maximum absolute atomic E-state index is 13.7. The van der Waals surface area contributed by atoms with Gasteiger partial charge in [-0.2, -0.15) is 0 Å². The fourth-order valence-corrected chi connectivity index (χ4v) is 6.78. The predicted octanol–water partition coefficient (Wildman–Crippen LogP) is 6.00. The molecule has 2 aromatic rings. The highest BCUT2D eigenvalue weighted by molar-refractivity contribution is 8.19. The lowest BCUT2D eigenvalue weighted by atomic mass is 9.94. The third-order valence-corrected chi connectivity index (χ3v) is 8.39. The normalized spacial score (nSPS) is 23.0. The lowest BCUT2D eigenvalue weighted by molar-refractivity contribution is -0.124. The van der Waals surface area contributed by atoms with Crippen molar-refractivity contribution in [3.8, 4) is 5.75 Å². The number of benzene rings is 2. The molecule has 1 aliphatic carbocycles. The number of nitrogens with zero attached hydrogens (tertiary/aromatic N) is 3. The first-order chi connectivity index (χ1) is 15.2. The summed E-state index contributed by atoms with van der Waals surface area (Å²) < 4.78 is 5.51. The summed E-state index contributed by atoms with van der Waals surface area (Å²) in [6, 6.07) is 16.2. The molecule has 2 heterocycles. The number of amidine groups is 1. The molecule has 3 aliphatic rings. The van der Waals surface area contributed by atoms with Crippen molar-refractivity contribution in [3.05, 3.63) is 58.5 Å². The van der Waals surface area contributed by atoms with Crippen molar-refractivity contribution < 1.29 is 9.53 Å². The van der Waals surface area contributed by atoms with Crippen LogP contribution in [0, 0.1) is 0 Å². The predicted molar refractivity (Wildman–Crippen MR) is 129 cm³/mol. The minimum Gasteiger partial charge on any atom is -0.494 e. The fourth-order valence-electron chi connectivity index (χ4n) is 4.38. The average Bonchev–Trinajstić information content (AvgIpc) is 3.31. The van der Waals surface area contributed by atoms with Crippen molar-refractivity contribution >= 4 is 46.0 Å². The summed E-state index contributed by atoms with van der Waals surface area (Å²) in [7, 11) is 3.69. The van der Waals surface area contributed by atoms with E-state index in [2.05, 4.69) is 17.0 Å². The van der Waals surface area contributed by atoms with E-state index in [0.717, 1.165) is 52.2 Å². The Labute approximate surface area is 191 Å². The van der Waals surface area contributed by atoms with Gasteiger partial charge in [0.15, 0.2) is 5.17 Å². The van der Waals surface area contributed by atoms with Crippen LogP contribution < -0.4 is 9.64 Å². The van der Waals surface area contributed by atoms with E-state index in [-0.39, 0.29) is 11.9 Å². The fraction of sp³-hybridized carbons (Fsp3) is 0.333. The minimum absolute atomic E-state index is 0.0766. The van der Waals surface area contributed by atoms with Crippen LogP contribution in [0.15, 0.2) is 68.4 Å². The van der Waals surface area contributed by atoms with Crippen LogP contribution in [0.5, 0.6) is 5.75 Å². The molecule has 0 atom stereocenters. The van der Waals surface area contributed by atoms with Gasteiger partial charge < -0.3 is 9.64 Å². The summed E-state index contributed by atoms with van der Waals surface area (Å²) in [4.78, 5) is 24.7. The molecule has 31 heavy (non-hydrogen) atoms. The molecule has 0 N–H and O–H groups in total. The molecule has 0 aromatic heterocycles. The van der Waals surface area contributed by atoms with Crippen LogP contribution in [0.3, 0.4) is 0 Å². The number of amides is 1. The molecule has 2 fully saturated rings. The summed E-state index contributed by atoms with van der Waals surface area (Å²) >= 11 is 3.16. The van der Waals surface area contributed by atoms with Crippen LogP contribution in [-0.2, 0) is 4.79 Å². The van der Waals surface area contributed by atoms with Gasteiger partial charge in [-0.15, -0.1) is 0 Å². The van der Waals surface area contributed by atoms with Gasteiger partial charge in [0, 0.05) is 18.0 Å². The zero-order chi connectivity index (χ0) is 21.4. The Kier molecular flexibility index (Phi) is 5.71. The molecule has 1 amide bonds. The van der Waals surface area contributed by atoms with E-state index in [1.807, 2.05) is 48.3 Å². The number of anilines is 1. The van der Waals surface area contributed by atoms with E-state index >= 15 is 0 Å². The molecule has 0 radical (unpaired) electrons. The van der Waals surface area contributed by atoms with Crippen molar-refractivity contribution in [1.29, 1.82) is 0 Å². The van der Waals surface area contributed by atoms with Gasteiger partial charge in [-0.1, -0.05) is 55.3 Å². The number of hydrogen-bond acceptors (Lipinski definition) is 6.